The van der Waals surface area contributed by atoms with Crippen molar-refractivity contribution in [3.8, 4) is 0 Å². The molecule has 2 rings (SSSR count). The Bertz CT molecular complexity index is 568. The van der Waals surface area contributed by atoms with E-state index >= 15 is 0 Å². The summed E-state index contributed by atoms with van der Waals surface area (Å²) < 4.78 is 37.8. The van der Waals surface area contributed by atoms with Gasteiger partial charge in [-0.15, -0.1) is 0 Å². The summed E-state index contributed by atoms with van der Waals surface area (Å²) in [5.74, 6) is -0.600. The molecule has 0 radical (unpaired) electrons. The quantitative estimate of drug-likeness (QED) is 0.434. The third-order valence-electron chi connectivity index (χ3n) is 3.09. The number of nitrogens with zero attached hydrogens (tertiary/aromatic N) is 2. The number of carbonyl (C=O) groups is 1. The summed E-state index contributed by atoms with van der Waals surface area (Å²) in [5.41, 5.74) is 0.345. The van der Waals surface area contributed by atoms with Crippen LogP contribution < -0.4 is 56.3 Å². The molecule has 0 aromatic heterocycles. The van der Waals surface area contributed by atoms with E-state index in [1.807, 2.05) is 0 Å². The minimum absolute atomic E-state index is 0. The molecule has 1 aromatic rings. The zero-order valence-corrected chi connectivity index (χ0v) is 14.5. The standard InChI is InChI=1S/C11H11BF3N2O3.K/c13-12(14,15)7-16-10-5-4-9(17(19)20)6-8(10)2-1-3-11(16)18;/h4-6H,1-3,7H2;/q-1;+1. The van der Waals surface area contributed by atoms with Gasteiger partial charge in [0.2, 0.25) is 5.91 Å². The van der Waals surface area contributed by atoms with Crippen molar-refractivity contribution in [2.45, 2.75) is 19.3 Å². The average molecular weight is 326 g/mol. The number of hydrogen-bond donors (Lipinski definition) is 0. The Labute approximate surface area is 161 Å². The predicted molar refractivity (Wildman–Crippen MR) is 67.5 cm³/mol. The van der Waals surface area contributed by atoms with Crippen molar-refractivity contribution >= 4 is 24.3 Å². The Morgan fingerprint density at radius 3 is 2.52 bits per heavy atom. The third kappa shape index (κ3) is 4.78. The Morgan fingerprint density at radius 1 is 1.29 bits per heavy atom. The molecule has 1 amide bonds. The van der Waals surface area contributed by atoms with E-state index in [0.29, 0.717) is 23.3 Å². The van der Waals surface area contributed by atoms with Gasteiger partial charge in [0, 0.05) is 24.2 Å². The molecule has 0 aliphatic carbocycles. The van der Waals surface area contributed by atoms with E-state index in [1.165, 1.54) is 12.1 Å². The largest absolute Gasteiger partial charge is 1.00 e. The van der Waals surface area contributed by atoms with E-state index in [9.17, 15) is 27.9 Å². The van der Waals surface area contributed by atoms with Crippen LogP contribution in [0.4, 0.5) is 24.3 Å². The first-order valence-corrected chi connectivity index (χ1v) is 6.06. The van der Waals surface area contributed by atoms with Crippen LogP contribution in [0.5, 0.6) is 0 Å². The van der Waals surface area contributed by atoms with Gasteiger partial charge in [0.05, 0.1) is 4.92 Å². The molecule has 21 heavy (non-hydrogen) atoms. The Morgan fingerprint density at radius 2 is 1.95 bits per heavy atom. The molecule has 1 heterocycles. The van der Waals surface area contributed by atoms with Gasteiger partial charge in [0.25, 0.3) is 5.69 Å². The fourth-order valence-electron chi connectivity index (χ4n) is 2.26. The summed E-state index contributed by atoms with van der Waals surface area (Å²) >= 11 is 0. The maximum atomic E-state index is 12.6. The number of hydrogen-bond acceptors (Lipinski definition) is 3. The van der Waals surface area contributed by atoms with Gasteiger partial charge in [-0.2, -0.15) is 0 Å². The van der Waals surface area contributed by atoms with Crippen LogP contribution in [0.2, 0.25) is 0 Å². The van der Waals surface area contributed by atoms with Gasteiger partial charge in [0.1, 0.15) is 0 Å². The van der Waals surface area contributed by atoms with Crippen molar-refractivity contribution in [2.24, 2.45) is 0 Å². The first-order valence-electron chi connectivity index (χ1n) is 6.06. The van der Waals surface area contributed by atoms with Crippen LogP contribution in [0.1, 0.15) is 18.4 Å². The number of aryl methyl sites for hydroxylation is 1. The van der Waals surface area contributed by atoms with Crippen molar-refractivity contribution in [1.29, 1.82) is 0 Å². The molecular weight excluding hydrogens is 315 g/mol. The first-order chi connectivity index (χ1) is 9.28. The van der Waals surface area contributed by atoms with Crippen molar-refractivity contribution in [3.05, 3.63) is 33.9 Å². The van der Waals surface area contributed by atoms with Gasteiger partial charge in [-0.1, -0.05) is 0 Å². The molecule has 0 unspecified atom stereocenters. The second-order valence-corrected chi connectivity index (χ2v) is 4.64. The normalized spacial score (nSPS) is 15.0. The van der Waals surface area contributed by atoms with Crippen LogP contribution in [0.15, 0.2) is 18.2 Å². The van der Waals surface area contributed by atoms with Crippen molar-refractivity contribution in [1.82, 2.24) is 0 Å². The van der Waals surface area contributed by atoms with E-state index in [-0.39, 0.29) is 69.2 Å². The van der Waals surface area contributed by atoms with E-state index < -0.39 is 24.3 Å². The fraction of sp³-hybridized carbons (Fsp3) is 0.364. The number of rotatable bonds is 3. The van der Waals surface area contributed by atoms with Crippen molar-refractivity contribution < 1.29 is 74.0 Å². The van der Waals surface area contributed by atoms with E-state index in [0.717, 1.165) is 6.07 Å². The van der Waals surface area contributed by atoms with Gasteiger partial charge in [-0.05, 0) is 30.9 Å². The topological polar surface area (TPSA) is 63.4 Å². The van der Waals surface area contributed by atoms with Crippen molar-refractivity contribution in [3.63, 3.8) is 0 Å². The molecule has 1 aliphatic rings. The first kappa shape index (κ1) is 18.6. The number of fused-ring (bicyclic) bond motifs is 1. The average Bonchev–Trinajstić information content (AvgIpc) is 2.48. The molecule has 0 saturated carbocycles. The van der Waals surface area contributed by atoms with Crippen LogP contribution in [-0.2, 0) is 11.2 Å². The zero-order chi connectivity index (χ0) is 14.9. The Kier molecular flexibility index (Phi) is 6.41. The van der Waals surface area contributed by atoms with Gasteiger partial charge < -0.3 is 17.8 Å². The summed E-state index contributed by atoms with van der Waals surface area (Å²) in [7, 11) is 0. The maximum absolute atomic E-state index is 12.6. The molecule has 1 aromatic carbocycles. The number of nitro benzene ring substituents is 1. The number of non-ortho nitro benzene ring substituents is 1. The molecule has 1 aliphatic heterocycles. The monoisotopic (exact) mass is 326 g/mol. The summed E-state index contributed by atoms with van der Waals surface area (Å²) in [6.45, 7) is -5.16. The van der Waals surface area contributed by atoms with E-state index in [1.54, 1.807) is 0 Å². The molecule has 108 valence electrons. The zero-order valence-electron chi connectivity index (χ0n) is 11.4. The second-order valence-electron chi connectivity index (χ2n) is 4.64. The minimum Gasteiger partial charge on any atom is -0.448 e. The minimum atomic E-state index is -5.16. The van der Waals surface area contributed by atoms with Crippen LogP contribution in [-0.4, -0.2) is 24.3 Å². The summed E-state index contributed by atoms with van der Waals surface area (Å²) in [5, 5.41) is 10.7. The van der Waals surface area contributed by atoms with E-state index in [4.69, 9.17) is 0 Å². The number of halogens is 3. The number of carbonyl (C=O) groups excluding carboxylic acids is 1. The van der Waals surface area contributed by atoms with E-state index in [2.05, 4.69) is 0 Å². The fourth-order valence-corrected chi connectivity index (χ4v) is 2.26. The smallest absolute Gasteiger partial charge is 0.448 e. The molecular formula is C11H11BF3KN2O3. The van der Waals surface area contributed by atoms with Gasteiger partial charge in [-0.3, -0.25) is 14.9 Å². The number of anilines is 1. The Hall–Kier alpha value is -0.419. The molecule has 10 heteroatoms. The molecule has 5 nitrogen and oxygen atoms in total. The molecule has 0 bridgehead atoms. The van der Waals surface area contributed by atoms with Gasteiger partial charge >= 0.3 is 58.4 Å². The van der Waals surface area contributed by atoms with Crippen molar-refractivity contribution in [2.75, 3.05) is 11.3 Å². The van der Waals surface area contributed by atoms with Gasteiger partial charge in [0.15, 0.2) is 0 Å². The third-order valence-corrected chi connectivity index (χ3v) is 3.09. The molecule has 0 spiro atoms. The summed E-state index contributed by atoms with van der Waals surface area (Å²) in [6, 6.07) is 3.58. The van der Waals surface area contributed by atoms with Gasteiger partial charge in [-0.25, -0.2) is 0 Å². The number of nitro groups is 1. The summed E-state index contributed by atoms with van der Waals surface area (Å²) in [6.07, 6.45) is -0.573. The Balaban J connectivity index is 0.00000220. The van der Waals surface area contributed by atoms with Crippen LogP contribution in [0, 0.1) is 10.1 Å². The maximum Gasteiger partial charge on any atom is 1.00 e. The molecule has 0 fully saturated rings. The van der Waals surface area contributed by atoms with Crippen LogP contribution >= 0.6 is 0 Å². The second kappa shape index (κ2) is 7.23. The SMILES string of the molecule is O=C1CCCc2cc([N+](=O)[O-])ccc2N1C[B-](F)(F)F.[K+]. The summed E-state index contributed by atoms with van der Waals surface area (Å²) in [4.78, 5) is 22.6. The predicted octanol–water partition coefficient (Wildman–Crippen LogP) is -0.345. The number of amides is 1. The molecule has 0 N–H and O–H groups in total. The van der Waals surface area contributed by atoms with Crippen LogP contribution in [0.3, 0.4) is 0 Å². The number of benzene rings is 1. The van der Waals surface area contributed by atoms with Crippen LogP contribution in [0.25, 0.3) is 0 Å². The molecule has 0 saturated heterocycles. The molecule has 0 atom stereocenters.